The lowest BCUT2D eigenvalue weighted by Crippen LogP contribution is -2.14. The summed E-state index contributed by atoms with van der Waals surface area (Å²) in [6, 6.07) is 11.7. The minimum absolute atomic E-state index is 0.0539. The van der Waals surface area contributed by atoms with Crippen LogP contribution in [0.1, 0.15) is 10.6 Å². The zero-order valence-corrected chi connectivity index (χ0v) is 13.6. The van der Waals surface area contributed by atoms with Gasteiger partial charge >= 0.3 is 0 Å². The van der Waals surface area contributed by atoms with Gasteiger partial charge in [0, 0.05) is 29.4 Å². The summed E-state index contributed by atoms with van der Waals surface area (Å²) in [6.45, 7) is 0. The molecule has 4 rings (SSSR count). The largest absolute Gasteiger partial charge is 0.451 e. The zero-order chi connectivity index (χ0) is 17.2. The summed E-state index contributed by atoms with van der Waals surface area (Å²) in [5.41, 5.74) is 1.68. The number of fused-ring (bicyclic) bond motifs is 1. The van der Waals surface area contributed by atoms with Crippen LogP contribution in [0, 0.1) is 0 Å². The summed E-state index contributed by atoms with van der Waals surface area (Å²) < 4.78 is 5.52. The highest BCUT2D eigenvalue weighted by Gasteiger charge is 2.14. The number of pyridine rings is 1. The highest BCUT2D eigenvalue weighted by molar-refractivity contribution is 7.14. The monoisotopic (exact) mass is 349 g/mol. The van der Waals surface area contributed by atoms with Crippen molar-refractivity contribution in [3.8, 4) is 11.3 Å². The molecule has 1 aromatic carbocycles. The Morgan fingerprint density at radius 1 is 1.16 bits per heavy atom. The van der Waals surface area contributed by atoms with Gasteiger partial charge in [-0.2, -0.15) is 0 Å². The molecule has 1 amide bonds. The molecule has 25 heavy (non-hydrogen) atoms. The first-order valence-corrected chi connectivity index (χ1v) is 8.29. The molecule has 122 valence electrons. The number of para-hydroxylation sites is 1. The van der Waals surface area contributed by atoms with Crippen LogP contribution in [0.5, 0.6) is 0 Å². The van der Waals surface area contributed by atoms with Crippen LogP contribution < -0.4 is 10.7 Å². The van der Waals surface area contributed by atoms with Crippen LogP contribution in [0.2, 0.25) is 0 Å². The molecule has 4 aromatic rings. The van der Waals surface area contributed by atoms with Crippen molar-refractivity contribution in [1.29, 1.82) is 0 Å². The molecule has 0 aliphatic carbocycles. The zero-order valence-electron chi connectivity index (χ0n) is 12.8. The van der Waals surface area contributed by atoms with E-state index in [0.29, 0.717) is 21.8 Å². The third-order valence-electron chi connectivity index (χ3n) is 3.54. The van der Waals surface area contributed by atoms with E-state index in [1.807, 2.05) is 17.5 Å². The number of thiazole rings is 1. The molecule has 1 N–H and O–H groups in total. The number of nitrogens with zero attached hydrogens (tertiary/aromatic N) is 2. The van der Waals surface area contributed by atoms with Crippen LogP contribution in [0.4, 0.5) is 5.13 Å². The lowest BCUT2D eigenvalue weighted by atomic mass is 10.2. The predicted octanol–water partition coefficient (Wildman–Crippen LogP) is 3.56. The summed E-state index contributed by atoms with van der Waals surface area (Å²) in [7, 11) is 0. The van der Waals surface area contributed by atoms with Gasteiger partial charge in [-0.1, -0.05) is 12.1 Å². The van der Waals surface area contributed by atoms with Crippen LogP contribution in [0.25, 0.3) is 22.2 Å². The minimum atomic E-state index is -0.519. The van der Waals surface area contributed by atoms with Gasteiger partial charge in [-0.05, 0) is 24.3 Å². The Kier molecular flexibility index (Phi) is 3.83. The van der Waals surface area contributed by atoms with E-state index in [1.54, 1.807) is 36.7 Å². The highest BCUT2D eigenvalue weighted by atomic mass is 32.1. The van der Waals surface area contributed by atoms with Gasteiger partial charge in [0.25, 0.3) is 5.91 Å². The second-order valence-corrected chi connectivity index (χ2v) is 6.06. The van der Waals surface area contributed by atoms with Crippen molar-refractivity contribution in [1.82, 2.24) is 9.97 Å². The van der Waals surface area contributed by atoms with Gasteiger partial charge in [-0.3, -0.25) is 19.9 Å². The van der Waals surface area contributed by atoms with Crippen molar-refractivity contribution in [2.24, 2.45) is 0 Å². The lowest BCUT2D eigenvalue weighted by molar-refractivity contribution is 0.0997. The molecular formula is C18H11N3O3S. The number of hydrogen-bond acceptors (Lipinski definition) is 6. The number of amides is 1. The van der Waals surface area contributed by atoms with Gasteiger partial charge in [0.2, 0.25) is 0 Å². The SMILES string of the molecule is O=C(Nc1nc(-c2cccnc2)cs1)c1cc(=O)c2ccccc2o1. The predicted molar refractivity (Wildman–Crippen MR) is 95.8 cm³/mol. The smallest absolute Gasteiger partial charge is 0.293 e. The molecule has 0 spiro atoms. The van der Waals surface area contributed by atoms with E-state index in [1.165, 1.54) is 17.4 Å². The first kappa shape index (κ1) is 15.2. The van der Waals surface area contributed by atoms with Gasteiger partial charge < -0.3 is 4.42 Å². The molecule has 0 aliphatic heterocycles. The Hall–Kier alpha value is -3.32. The van der Waals surface area contributed by atoms with Crippen molar-refractivity contribution in [3.05, 3.63) is 76.2 Å². The number of aromatic nitrogens is 2. The van der Waals surface area contributed by atoms with Crippen LogP contribution in [-0.4, -0.2) is 15.9 Å². The fraction of sp³-hybridized carbons (Fsp3) is 0. The lowest BCUT2D eigenvalue weighted by Gasteiger charge is -2.02. The van der Waals surface area contributed by atoms with Crippen molar-refractivity contribution in [3.63, 3.8) is 0 Å². The standard InChI is InChI=1S/C18H11N3O3S/c22-14-8-16(24-15-6-2-1-5-12(14)15)17(23)21-18-20-13(10-25-18)11-4-3-7-19-9-11/h1-10H,(H,20,21,23). The maximum atomic E-state index is 12.4. The molecule has 6 nitrogen and oxygen atoms in total. The summed E-state index contributed by atoms with van der Waals surface area (Å²) in [6.07, 6.45) is 3.38. The molecule has 0 aliphatic rings. The van der Waals surface area contributed by atoms with E-state index in [4.69, 9.17) is 4.42 Å². The average molecular weight is 349 g/mol. The molecule has 7 heteroatoms. The van der Waals surface area contributed by atoms with Crippen molar-refractivity contribution in [2.75, 3.05) is 5.32 Å². The van der Waals surface area contributed by atoms with Gasteiger partial charge in [0.1, 0.15) is 5.58 Å². The van der Waals surface area contributed by atoms with Crippen LogP contribution in [0.3, 0.4) is 0 Å². The van der Waals surface area contributed by atoms with Crippen LogP contribution in [-0.2, 0) is 0 Å². The Labute approximate surface area is 145 Å². The Morgan fingerprint density at radius 3 is 2.88 bits per heavy atom. The van der Waals surface area contributed by atoms with Crippen molar-refractivity contribution < 1.29 is 9.21 Å². The number of hydrogen-bond donors (Lipinski definition) is 1. The quantitative estimate of drug-likeness (QED) is 0.611. The van der Waals surface area contributed by atoms with Crippen molar-refractivity contribution in [2.45, 2.75) is 0 Å². The Bertz CT molecular complexity index is 1120. The molecule has 3 aromatic heterocycles. The van der Waals surface area contributed by atoms with E-state index in [2.05, 4.69) is 15.3 Å². The molecule has 0 bridgehead atoms. The number of carbonyl (C=O) groups is 1. The minimum Gasteiger partial charge on any atom is -0.451 e. The fourth-order valence-electron chi connectivity index (χ4n) is 2.35. The normalized spacial score (nSPS) is 10.7. The maximum absolute atomic E-state index is 12.4. The van der Waals surface area contributed by atoms with E-state index < -0.39 is 5.91 Å². The third-order valence-corrected chi connectivity index (χ3v) is 4.30. The third kappa shape index (κ3) is 3.05. The van der Waals surface area contributed by atoms with E-state index in [-0.39, 0.29) is 11.2 Å². The second-order valence-electron chi connectivity index (χ2n) is 5.20. The first-order chi connectivity index (χ1) is 12.2. The molecule has 0 atom stereocenters. The molecular weight excluding hydrogens is 338 g/mol. The average Bonchev–Trinajstić information content (AvgIpc) is 3.11. The van der Waals surface area contributed by atoms with Gasteiger partial charge in [0.05, 0.1) is 11.1 Å². The van der Waals surface area contributed by atoms with Crippen LogP contribution in [0.15, 0.2) is 69.5 Å². The first-order valence-electron chi connectivity index (χ1n) is 7.41. The molecule has 0 unspecified atom stereocenters. The number of benzene rings is 1. The number of nitrogens with one attached hydrogen (secondary N) is 1. The van der Waals surface area contributed by atoms with E-state index in [9.17, 15) is 9.59 Å². The number of anilines is 1. The molecule has 0 saturated carbocycles. The summed E-state index contributed by atoms with van der Waals surface area (Å²) in [5, 5.41) is 5.33. The highest BCUT2D eigenvalue weighted by Crippen LogP contribution is 2.24. The van der Waals surface area contributed by atoms with Gasteiger partial charge in [0.15, 0.2) is 16.3 Å². The Morgan fingerprint density at radius 2 is 2.04 bits per heavy atom. The molecule has 0 saturated heterocycles. The summed E-state index contributed by atoms with van der Waals surface area (Å²) in [5.74, 6) is -0.572. The topological polar surface area (TPSA) is 85.1 Å². The fourth-order valence-corrected chi connectivity index (χ4v) is 3.07. The maximum Gasteiger partial charge on any atom is 0.293 e. The van der Waals surface area contributed by atoms with E-state index in [0.717, 1.165) is 5.56 Å². The molecule has 3 heterocycles. The van der Waals surface area contributed by atoms with Crippen LogP contribution >= 0.6 is 11.3 Å². The molecule has 0 fully saturated rings. The van der Waals surface area contributed by atoms with Crippen molar-refractivity contribution >= 4 is 33.3 Å². The van der Waals surface area contributed by atoms with Gasteiger partial charge in [-0.15, -0.1) is 11.3 Å². The second kappa shape index (κ2) is 6.29. The van der Waals surface area contributed by atoms with E-state index >= 15 is 0 Å². The molecule has 0 radical (unpaired) electrons. The number of carbonyl (C=O) groups excluding carboxylic acids is 1. The summed E-state index contributed by atoms with van der Waals surface area (Å²) >= 11 is 1.28. The Balaban J connectivity index is 1.61. The number of rotatable bonds is 3. The summed E-state index contributed by atoms with van der Waals surface area (Å²) in [4.78, 5) is 32.9. The van der Waals surface area contributed by atoms with Gasteiger partial charge in [-0.25, -0.2) is 4.98 Å².